The molecule has 0 bridgehead atoms. The molecule has 1 fully saturated rings. The number of hydrogen-bond donors (Lipinski definition) is 2. The Hall–Kier alpha value is -2.35. The van der Waals surface area contributed by atoms with Crippen molar-refractivity contribution in [3.63, 3.8) is 0 Å². The summed E-state index contributed by atoms with van der Waals surface area (Å²) in [6.45, 7) is 3.00. The van der Waals surface area contributed by atoms with Crippen molar-refractivity contribution in [1.29, 1.82) is 0 Å². The van der Waals surface area contributed by atoms with Crippen LogP contribution in [0.2, 0.25) is 5.02 Å². The van der Waals surface area contributed by atoms with Gasteiger partial charge in [0, 0.05) is 23.4 Å². The van der Waals surface area contributed by atoms with Crippen LogP contribution in [0.15, 0.2) is 47.1 Å². The first kappa shape index (κ1) is 20.9. The summed E-state index contributed by atoms with van der Waals surface area (Å²) in [6.07, 6.45) is 2.50. The third-order valence-electron chi connectivity index (χ3n) is 5.66. The highest BCUT2D eigenvalue weighted by atomic mass is 35.5. The van der Waals surface area contributed by atoms with E-state index in [0.717, 1.165) is 24.8 Å². The molecule has 158 valence electrons. The van der Waals surface area contributed by atoms with Crippen LogP contribution in [0.25, 0.3) is 16.7 Å². The fourth-order valence-electron chi connectivity index (χ4n) is 4.07. The summed E-state index contributed by atoms with van der Waals surface area (Å²) in [5.41, 5.74) is 1.63. The molecule has 2 aromatic rings. The zero-order valence-electron chi connectivity index (χ0n) is 16.7. The Morgan fingerprint density at radius 3 is 2.63 bits per heavy atom. The normalized spacial score (nSPS) is 21.9. The molecule has 4 rings (SSSR count). The molecule has 0 aromatic heterocycles. The highest BCUT2D eigenvalue weighted by molar-refractivity contribution is 7.90. The van der Waals surface area contributed by atoms with Crippen molar-refractivity contribution in [3.05, 3.63) is 58.3 Å². The van der Waals surface area contributed by atoms with E-state index >= 15 is 0 Å². The molecule has 0 radical (unpaired) electrons. The van der Waals surface area contributed by atoms with Crippen molar-refractivity contribution in [2.24, 2.45) is 0 Å². The van der Waals surface area contributed by atoms with E-state index in [-0.39, 0.29) is 16.2 Å². The Morgan fingerprint density at radius 2 is 1.97 bits per heavy atom. The van der Waals surface area contributed by atoms with Gasteiger partial charge in [-0.15, -0.1) is 0 Å². The van der Waals surface area contributed by atoms with Gasteiger partial charge < -0.3 is 15.2 Å². The van der Waals surface area contributed by atoms with E-state index in [4.69, 9.17) is 16.3 Å². The van der Waals surface area contributed by atoms with Crippen LogP contribution in [-0.2, 0) is 19.4 Å². The van der Waals surface area contributed by atoms with Crippen LogP contribution in [0, 0.1) is 6.92 Å². The summed E-state index contributed by atoms with van der Waals surface area (Å²) in [7, 11) is -3.36. The summed E-state index contributed by atoms with van der Waals surface area (Å²) in [5.74, 6) is -0.632. The molecular formula is C22H22ClNO5S. The SMILES string of the molecule is Cc1cc(-c2cccc(S(C)(=O)=O)c2)c(Cl)cc1C1=C(O)C2(CCCNC2)OC1=O. The van der Waals surface area contributed by atoms with Crippen molar-refractivity contribution in [2.75, 3.05) is 19.3 Å². The molecule has 0 aliphatic carbocycles. The lowest BCUT2D eigenvalue weighted by atomic mass is 9.88. The summed E-state index contributed by atoms with van der Waals surface area (Å²) < 4.78 is 29.4. The van der Waals surface area contributed by atoms with Gasteiger partial charge >= 0.3 is 5.97 Å². The number of aliphatic hydroxyl groups is 1. The van der Waals surface area contributed by atoms with Gasteiger partial charge in [-0.25, -0.2) is 13.2 Å². The zero-order chi connectivity index (χ0) is 21.7. The molecule has 2 heterocycles. The van der Waals surface area contributed by atoms with Crippen LogP contribution in [-0.4, -0.2) is 44.4 Å². The van der Waals surface area contributed by atoms with E-state index in [2.05, 4.69) is 5.32 Å². The van der Waals surface area contributed by atoms with Crippen LogP contribution in [0.4, 0.5) is 0 Å². The second-order valence-corrected chi connectivity index (χ2v) is 10.3. The van der Waals surface area contributed by atoms with Crippen LogP contribution in [0.1, 0.15) is 24.0 Å². The number of aryl methyl sites for hydroxylation is 1. The van der Waals surface area contributed by atoms with Gasteiger partial charge in [-0.1, -0.05) is 23.7 Å². The predicted molar refractivity (Wildman–Crippen MR) is 115 cm³/mol. The second kappa shape index (κ2) is 7.41. The van der Waals surface area contributed by atoms with Gasteiger partial charge in [-0.3, -0.25) is 0 Å². The number of carbonyl (C=O) groups is 1. The summed E-state index contributed by atoms with van der Waals surface area (Å²) >= 11 is 6.54. The van der Waals surface area contributed by atoms with E-state index in [1.807, 2.05) is 6.92 Å². The van der Waals surface area contributed by atoms with E-state index in [1.54, 1.807) is 30.3 Å². The molecule has 2 aromatic carbocycles. The van der Waals surface area contributed by atoms with E-state index in [0.29, 0.717) is 34.7 Å². The Balaban J connectivity index is 1.80. The van der Waals surface area contributed by atoms with Crippen LogP contribution < -0.4 is 5.32 Å². The minimum atomic E-state index is -3.36. The number of piperidine rings is 1. The van der Waals surface area contributed by atoms with Crippen molar-refractivity contribution in [3.8, 4) is 11.1 Å². The van der Waals surface area contributed by atoms with E-state index in [9.17, 15) is 18.3 Å². The molecule has 1 saturated heterocycles. The minimum absolute atomic E-state index is 0.0642. The van der Waals surface area contributed by atoms with Gasteiger partial charge in [0.25, 0.3) is 0 Å². The molecule has 2 N–H and O–H groups in total. The van der Waals surface area contributed by atoms with E-state index in [1.165, 1.54) is 6.07 Å². The summed E-state index contributed by atoms with van der Waals surface area (Å²) in [5, 5.41) is 14.4. The number of benzene rings is 2. The molecular weight excluding hydrogens is 426 g/mol. The van der Waals surface area contributed by atoms with Crippen molar-refractivity contribution in [1.82, 2.24) is 5.32 Å². The molecule has 6 nitrogen and oxygen atoms in total. The van der Waals surface area contributed by atoms with Crippen LogP contribution in [0.3, 0.4) is 0 Å². The molecule has 30 heavy (non-hydrogen) atoms. The molecule has 1 atom stereocenters. The number of carbonyl (C=O) groups excluding carboxylic acids is 1. The Bertz CT molecular complexity index is 1180. The lowest BCUT2D eigenvalue weighted by Crippen LogP contribution is -2.47. The largest absolute Gasteiger partial charge is 0.507 e. The maximum Gasteiger partial charge on any atom is 0.343 e. The highest BCUT2D eigenvalue weighted by Crippen LogP contribution is 2.43. The maximum absolute atomic E-state index is 12.7. The second-order valence-electron chi connectivity index (χ2n) is 7.83. The number of aliphatic hydroxyl groups excluding tert-OH is 1. The molecule has 1 spiro atoms. The average molecular weight is 448 g/mol. The molecule has 2 aliphatic heterocycles. The first-order valence-corrected chi connectivity index (χ1v) is 11.9. The molecule has 1 unspecified atom stereocenters. The zero-order valence-corrected chi connectivity index (χ0v) is 18.2. The molecule has 0 amide bonds. The Labute approximate surface area is 180 Å². The van der Waals surface area contributed by atoms with Gasteiger partial charge in [0.1, 0.15) is 5.57 Å². The van der Waals surface area contributed by atoms with Gasteiger partial charge in [0.05, 0.1) is 4.90 Å². The van der Waals surface area contributed by atoms with Crippen molar-refractivity contribution in [2.45, 2.75) is 30.3 Å². The fourth-order valence-corrected chi connectivity index (χ4v) is 5.01. The summed E-state index contributed by atoms with van der Waals surface area (Å²) in [4.78, 5) is 12.9. The summed E-state index contributed by atoms with van der Waals surface area (Å²) in [6, 6.07) is 9.95. The van der Waals surface area contributed by atoms with Crippen molar-refractivity contribution < 1.29 is 23.1 Å². The number of rotatable bonds is 3. The van der Waals surface area contributed by atoms with Gasteiger partial charge in [-0.05, 0) is 67.3 Å². The number of esters is 1. The molecule has 0 saturated carbocycles. The first-order valence-electron chi connectivity index (χ1n) is 9.61. The fraction of sp³-hybridized carbons (Fsp3) is 0.318. The third-order valence-corrected chi connectivity index (χ3v) is 7.08. The average Bonchev–Trinajstić information content (AvgIpc) is 2.93. The Kier molecular flexibility index (Phi) is 5.16. The van der Waals surface area contributed by atoms with E-state index < -0.39 is 21.4 Å². The first-order chi connectivity index (χ1) is 14.1. The number of ether oxygens (including phenoxy) is 1. The maximum atomic E-state index is 12.7. The topological polar surface area (TPSA) is 92.7 Å². The van der Waals surface area contributed by atoms with Gasteiger partial charge in [-0.2, -0.15) is 0 Å². The van der Waals surface area contributed by atoms with Crippen LogP contribution in [0.5, 0.6) is 0 Å². The van der Waals surface area contributed by atoms with Crippen LogP contribution >= 0.6 is 11.6 Å². The van der Waals surface area contributed by atoms with Gasteiger partial charge in [0.2, 0.25) is 0 Å². The number of nitrogens with one attached hydrogen (secondary N) is 1. The lowest BCUT2D eigenvalue weighted by Gasteiger charge is -2.32. The minimum Gasteiger partial charge on any atom is -0.507 e. The standard InChI is InChI=1S/C22H22ClNO5S/c1-13-9-17(14-5-3-6-15(10-14)30(2,27)28)18(23)11-16(13)19-20(25)22(29-21(19)26)7-4-8-24-12-22/h3,5-6,9-11,24-25H,4,7-8,12H2,1-2H3. The smallest absolute Gasteiger partial charge is 0.343 e. The van der Waals surface area contributed by atoms with Gasteiger partial charge in [0.15, 0.2) is 21.2 Å². The van der Waals surface area contributed by atoms with Crippen molar-refractivity contribution >= 4 is 33.0 Å². The monoisotopic (exact) mass is 447 g/mol. The molecule has 2 aliphatic rings. The number of hydrogen-bond acceptors (Lipinski definition) is 6. The third kappa shape index (κ3) is 3.51. The quantitative estimate of drug-likeness (QED) is 0.697. The Morgan fingerprint density at radius 1 is 1.20 bits per heavy atom. The lowest BCUT2D eigenvalue weighted by molar-refractivity contribution is -0.148. The highest BCUT2D eigenvalue weighted by Gasteiger charge is 2.49. The number of sulfone groups is 1. The molecule has 8 heteroatoms. The predicted octanol–water partition coefficient (Wildman–Crippen LogP) is 3.67. The number of halogens is 1.